The van der Waals surface area contributed by atoms with Crippen LogP contribution in [-0.2, 0) is 4.79 Å². The lowest BCUT2D eigenvalue weighted by Gasteiger charge is -2.45. The Morgan fingerprint density at radius 3 is 1.79 bits per heavy atom. The number of ether oxygens (including phenoxy) is 1. The predicted molar refractivity (Wildman–Crippen MR) is 103 cm³/mol. The standard InChI is InChI=1S/C21H31BrO2/c1-20(2,3)15-11-14(12-16(13-15)21(4,5)6)19(23)24-18-9-7-17(22)8-10-18/h7-10,14-16H,11-13H2,1-6H3. The van der Waals surface area contributed by atoms with Crippen LogP contribution >= 0.6 is 15.9 Å². The summed E-state index contributed by atoms with van der Waals surface area (Å²) < 4.78 is 6.66. The lowest BCUT2D eigenvalue weighted by Crippen LogP contribution is -2.39. The van der Waals surface area contributed by atoms with Crippen molar-refractivity contribution >= 4 is 21.9 Å². The van der Waals surface area contributed by atoms with Gasteiger partial charge in [-0.1, -0.05) is 57.5 Å². The lowest BCUT2D eigenvalue weighted by molar-refractivity contribution is -0.142. The first-order chi connectivity index (χ1) is 11.0. The molecule has 1 aliphatic carbocycles. The number of carbonyl (C=O) groups excluding carboxylic acids is 1. The molecule has 0 N–H and O–H groups in total. The van der Waals surface area contributed by atoms with Crippen molar-refractivity contribution in [1.29, 1.82) is 0 Å². The molecule has 0 bridgehead atoms. The van der Waals surface area contributed by atoms with Gasteiger partial charge in [0, 0.05) is 4.47 Å². The molecule has 0 spiro atoms. The Kier molecular flexibility index (Phi) is 5.84. The minimum atomic E-state index is -0.0690. The topological polar surface area (TPSA) is 26.3 Å². The van der Waals surface area contributed by atoms with E-state index in [4.69, 9.17) is 4.74 Å². The average molecular weight is 395 g/mol. The van der Waals surface area contributed by atoms with Crippen LogP contribution in [0.15, 0.2) is 28.7 Å². The summed E-state index contributed by atoms with van der Waals surface area (Å²) in [4.78, 5) is 12.8. The van der Waals surface area contributed by atoms with Crippen molar-refractivity contribution in [2.45, 2.75) is 60.8 Å². The normalized spacial score (nSPS) is 25.4. The molecule has 2 unspecified atom stereocenters. The van der Waals surface area contributed by atoms with Crippen molar-refractivity contribution in [2.24, 2.45) is 28.6 Å². The van der Waals surface area contributed by atoms with Gasteiger partial charge in [-0.2, -0.15) is 0 Å². The van der Waals surface area contributed by atoms with Gasteiger partial charge in [-0.05, 0) is 66.2 Å². The molecule has 2 atom stereocenters. The molecular formula is C21H31BrO2. The summed E-state index contributed by atoms with van der Waals surface area (Å²) in [6.07, 6.45) is 3.08. The van der Waals surface area contributed by atoms with Gasteiger partial charge in [0.15, 0.2) is 0 Å². The highest BCUT2D eigenvalue weighted by Crippen LogP contribution is 2.48. The summed E-state index contributed by atoms with van der Waals surface area (Å²) in [5, 5.41) is 0. The van der Waals surface area contributed by atoms with E-state index in [9.17, 15) is 4.79 Å². The lowest BCUT2D eigenvalue weighted by atomic mass is 9.60. The molecule has 0 aromatic heterocycles. The Bertz CT molecular complexity index is 541. The highest BCUT2D eigenvalue weighted by molar-refractivity contribution is 9.10. The number of hydrogen-bond donors (Lipinski definition) is 0. The highest BCUT2D eigenvalue weighted by atomic mass is 79.9. The van der Waals surface area contributed by atoms with Gasteiger partial charge in [0.2, 0.25) is 0 Å². The van der Waals surface area contributed by atoms with Crippen molar-refractivity contribution in [2.75, 3.05) is 0 Å². The Morgan fingerprint density at radius 2 is 1.38 bits per heavy atom. The van der Waals surface area contributed by atoms with E-state index in [2.05, 4.69) is 57.5 Å². The molecule has 0 amide bonds. The fourth-order valence-electron chi connectivity index (χ4n) is 3.63. The van der Waals surface area contributed by atoms with E-state index in [1.54, 1.807) is 0 Å². The molecule has 134 valence electrons. The van der Waals surface area contributed by atoms with Gasteiger partial charge in [-0.15, -0.1) is 0 Å². The minimum Gasteiger partial charge on any atom is -0.426 e. The quantitative estimate of drug-likeness (QED) is 0.423. The molecule has 0 aliphatic heterocycles. The Morgan fingerprint density at radius 1 is 0.917 bits per heavy atom. The summed E-state index contributed by atoms with van der Waals surface area (Å²) in [5.41, 5.74) is 0.445. The molecular weight excluding hydrogens is 364 g/mol. The third-order valence-corrected chi connectivity index (χ3v) is 6.05. The van der Waals surface area contributed by atoms with Crippen LogP contribution in [-0.4, -0.2) is 5.97 Å². The van der Waals surface area contributed by atoms with Gasteiger partial charge in [-0.3, -0.25) is 4.79 Å². The van der Waals surface area contributed by atoms with Crippen LogP contribution in [0, 0.1) is 28.6 Å². The number of esters is 1. The third kappa shape index (κ3) is 5.08. The largest absolute Gasteiger partial charge is 0.426 e. The Hall–Kier alpha value is -0.830. The maximum absolute atomic E-state index is 12.8. The van der Waals surface area contributed by atoms with E-state index < -0.39 is 0 Å². The summed E-state index contributed by atoms with van der Waals surface area (Å²) in [7, 11) is 0. The fraction of sp³-hybridized carbons (Fsp3) is 0.667. The van der Waals surface area contributed by atoms with Crippen molar-refractivity contribution in [3.63, 3.8) is 0 Å². The average Bonchev–Trinajstić information content (AvgIpc) is 2.47. The molecule has 2 rings (SSSR count). The number of halogens is 1. The van der Waals surface area contributed by atoms with Gasteiger partial charge in [0.1, 0.15) is 5.75 Å². The maximum atomic E-state index is 12.8. The van der Waals surface area contributed by atoms with E-state index in [0.717, 1.165) is 17.3 Å². The van der Waals surface area contributed by atoms with E-state index in [1.165, 1.54) is 6.42 Å². The smallest absolute Gasteiger partial charge is 0.314 e. The second kappa shape index (κ2) is 7.19. The van der Waals surface area contributed by atoms with Crippen LogP contribution in [0.4, 0.5) is 0 Å². The monoisotopic (exact) mass is 394 g/mol. The molecule has 1 aromatic rings. The van der Waals surface area contributed by atoms with Crippen LogP contribution in [0.2, 0.25) is 0 Å². The number of carbonyl (C=O) groups is 1. The zero-order valence-electron chi connectivity index (χ0n) is 15.9. The fourth-order valence-corrected chi connectivity index (χ4v) is 3.89. The first kappa shape index (κ1) is 19.5. The molecule has 1 fully saturated rings. The summed E-state index contributed by atoms with van der Waals surface area (Å²) >= 11 is 3.41. The van der Waals surface area contributed by atoms with Crippen molar-refractivity contribution in [3.8, 4) is 5.75 Å². The van der Waals surface area contributed by atoms with Crippen LogP contribution in [0.1, 0.15) is 60.8 Å². The van der Waals surface area contributed by atoms with Crippen LogP contribution < -0.4 is 4.74 Å². The van der Waals surface area contributed by atoms with Gasteiger partial charge < -0.3 is 4.74 Å². The third-order valence-electron chi connectivity index (χ3n) is 5.52. The second-order valence-corrected chi connectivity index (χ2v) is 10.3. The number of rotatable bonds is 2. The van der Waals surface area contributed by atoms with Crippen LogP contribution in [0.25, 0.3) is 0 Å². The molecule has 24 heavy (non-hydrogen) atoms. The SMILES string of the molecule is CC(C)(C)C1CC(C(=O)Oc2ccc(Br)cc2)CC(C(C)(C)C)C1. The first-order valence-electron chi connectivity index (χ1n) is 8.94. The second-order valence-electron chi connectivity index (χ2n) is 9.40. The van der Waals surface area contributed by atoms with Gasteiger partial charge in [0.25, 0.3) is 0 Å². The van der Waals surface area contributed by atoms with E-state index in [0.29, 0.717) is 17.6 Å². The van der Waals surface area contributed by atoms with Crippen LogP contribution in [0.3, 0.4) is 0 Å². The first-order valence-corrected chi connectivity index (χ1v) is 9.73. The molecule has 2 nitrogen and oxygen atoms in total. The molecule has 1 saturated carbocycles. The van der Waals surface area contributed by atoms with Crippen molar-refractivity contribution < 1.29 is 9.53 Å². The van der Waals surface area contributed by atoms with E-state index >= 15 is 0 Å². The molecule has 3 heteroatoms. The van der Waals surface area contributed by atoms with Crippen LogP contribution in [0.5, 0.6) is 5.75 Å². The molecule has 1 aliphatic rings. The molecule has 0 radical (unpaired) electrons. The van der Waals surface area contributed by atoms with Gasteiger partial charge >= 0.3 is 5.97 Å². The van der Waals surface area contributed by atoms with E-state index in [1.807, 2.05) is 24.3 Å². The zero-order chi connectivity index (χ0) is 18.1. The van der Waals surface area contributed by atoms with Crippen molar-refractivity contribution in [1.82, 2.24) is 0 Å². The Balaban J connectivity index is 2.14. The van der Waals surface area contributed by atoms with Gasteiger partial charge in [-0.25, -0.2) is 0 Å². The maximum Gasteiger partial charge on any atom is 0.314 e. The number of hydrogen-bond acceptors (Lipinski definition) is 2. The summed E-state index contributed by atoms with van der Waals surface area (Å²) in [6.45, 7) is 13.7. The Labute approximate surface area is 155 Å². The molecule has 0 heterocycles. The minimum absolute atomic E-state index is 0.00385. The highest BCUT2D eigenvalue weighted by Gasteiger charge is 2.42. The summed E-state index contributed by atoms with van der Waals surface area (Å²) in [5.74, 6) is 1.67. The van der Waals surface area contributed by atoms with Gasteiger partial charge in [0.05, 0.1) is 5.92 Å². The summed E-state index contributed by atoms with van der Waals surface area (Å²) in [6, 6.07) is 7.49. The molecule has 0 saturated heterocycles. The van der Waals surface area contributed by atoms with E-state index in [-0.39, 0.29) is 22.7 Å². The number of benzene rings is 1. The van der Waals surface area contributed by atoms with Crippen molar-refractivity contribution in [3.05, 3.63) is 28.7 Å². The predicted octanol–water partition coefficient (Wildman–Crippen LogP) is 6.48. The molecule has 1 aromatic carbocycles. The zero-order valence-corrected chi connectivity index (χ0v) is 17.4.